The molecule has 1 heterocycles. The van der Waals surface area contributed by atoms with E-state index in [2.05, 4.69) is 5.32 Å². The second-order valence-electron chi connectivity index (χ2n) is 3.85. The van der Waals surface area contributed by atoms with Gasteiger partial charge in [0.15, 0.2) is 0 Å². The van der Waals surface area contributed by atoms with Gasteiger partial charge < -0.3 is 4.74 Å². The van der Waals surface area contributed by atoms with E-state index in [1.807, 2.05) is 0 Å². The van der Waals surface area contributed by atoms with Gasteiger partial charge in [-0.05, 0) is 13.0 Å². The van der Waals surface area contributed by atoms with Gasteiger partial charge in [-0.25, -0.2) is 0 Å². The van der Waals surface area contributed by atoms with Crippen LogP contribution in [0.2, 0.25) is 0 Å². The van der Waals surface area contributed by atoms with E-state index in [9.17, 15) is 13.2 Å². The van der Waals surface area contributed by atoms with E-state index in [0.29, 0.717) is 13.2 Å². The molecule has 1 saturated heterocycles. The minimum atomic E-state index is -4.35. The third kappa shape index (κ3) is 2.73. The summed E-state index contributed by atoms with van der Waals surface area (Å²) in [7, 11) is 0. The zero-order valence-electron chi connectivity index (χ0n) is 9.17. The molecule has 17 heavy (non-hydrogen) atoms. The molecule has 2 nitrogen and oxygen atoms in total. The topological polar surface area (TPSA) is 21.3 Å². The highest BCUT2D eigenvalue weighted by atomic mass is 35.5. The molecule has 0 amide bonds. The van der Waals surface area contributed by atoms with Crippen LogP contribution >= 0.6 is 12.4 Å². The number of nitrogens with one attached hydrogen (secondary N) is 1. The van der Waals surface area contributed by atoms with Gasteiger partial charge in [0, 0.05) is 12.1 Å². The Morgan fingerprint density at radius 1 is 1.29 bits per heavy atom. The molecule has 1 aliphatic heterocycles. The summed E-state index contributed by atoms with van der Waals surface area (Å²) < 4.78 is 43.7. The van der Waals surface area contributed by atoms with Gasteiger partial charge >= 0.3 is 6.18 Å². The molecule has 1 atom stereocenters. The summed E-state index contributed by atoms with van der Waals surface area (Å²) in [5.41, 5.74) is -1.54. The fourth-order valence-corrected chi connectivity index (χ4v) is 1.92. The maximum atomic E-state index is 12.8. The van der Waals surface area contributed by atoms with E-state index < -0.39 is 17.5 Å². The highest BCUT2D eigenvalue weighted by Crippen LogP contribution is 2.37. The molecule has 0 aromatic heterocycles. The lowest BCUT2D eigenvalue weighted by Gasteiger charge is -2.27. The van der Waals surface area contributed by atoms with Crippen LogP contribution in [0.4, 0.5) is 13.2 Å². The zero-order chi connectivity index (χ0) is 11.8. The fourth-order valence-electron chi connectivity index (χ4n) is 1.92. The zero-order valence-corrected chi connectivity index (χ0v) is 9.99. The summed E-state index contributed by atoms with van der Waals surface area (Å²) in [6, 6.07) is 5.48. The molecule has 1 aromatic carbocycles. The lowest BCUT2D eigenvalue weighted by atomic mass is 9.98. The van der Waals surface area contributed by atoms with E-state index in [1.165, 1.54) is 12.1 Å². The van der Waals surface area contributed by atoms with Crippen molar-refractivity contribution >= 4 is 12.4 Å². The van der Waals surface area contributed by atoms with Crippen molar-refractivity contribution < 1.29 is 17.9 Å². The van der Waals surface area contributed by atoms with E-state index in [4.69, 9.17) is 4.74 Å². The summed E-state index contributed by atoms with van der Waals surface area (Å²) in [6.45, 7) is 2.59. The maximum absolute atomic E-state index is 12.8. The summed E-state index contributed by atoms with van der Waals surface area (Å²) in [4.78, 5) is 0. The second kappa shape index (κ2) is 4.84. The van der Waals surface area contributed by atoms with Crippen LogP contribution in [-0.2, 0) is 16.6 Å². The molecule has 6 heteroatoms. The smallest absolute Gasteiger partial charge is 0.355 e. The number of hydrogen-bond donors (Lipinski definition) is 1. The summed E-state index contributed by atoms with van der Waals surface area (Å²) in [6.07, 6.45) is -4.35. The molecular weight excluding hydrogens is 255 g/mol. The Morgan fingerprint density at radius 3 is 2.47 bits per heavy atom. The van der Waals surface area contributed by atoms with Crippen molar-refractivity contribution in [3.63, 3.8) is 0 Å². The predicted octanol–water partition coefficient (Wildman–Crippen LogP) is 2.92. The van der Waals surface area contributed by atoms with Gasteiger partial charge in [-0.1, -0.05) is 18.2 Å². The van der Waals surface area contributed by atoms with Crippen LogP contribution in [0.1, 0.15) is 18.1 Å². The average Bonchev–Trinajstić information content (AvgIpc) is 2.65. The Balaban J connectivity index is 0.00000144. The third-order valence-electron chi connectivity index (χ3n) is 2.70. The molecular formula is C11H13ClF3NO. The van der Waals surface area contributed by atoms with Crippen molar-refractivity contribution in [3.8, 4) is 0 Å². The Morgan fingerprint density at radius 2 is 1.94 bits per heavy atom. The quantitative estimate of drug-likeness (QED) is 0.845. The third-order valence-corrected chi connectivity index (χ3v) is 2.70. The lowest BCUT2D eigenvalue weighted by Crippen LogP contribution is -2.36. The molecule has 1 unspecified atom stereocenters. The fraction of sp³-hybridized carbons (Fsp3) is 0.455. The molecule has 2 rings (SSSR count). The van der Waals surface area contributed by atoms with Crippen molar-refractivity contribution in [2.75, 3.05) is 13.2 Å². The number of alkyl halides is 3. The normalized spacial score (nSPS) is 24.5. The van der Waals surface area contributed by atoms with Crippen LogP contribution in [0, 0.1) is 0 Å². The molecule has 0 saturated carbocycles. The van der Waals surface area contributed by atoms with Crippen LogP contribution in [-0.4, -0.2) is 13.2 Å². The Labute approximate surface area is 104 Å². The van der Waals surface area contributed by atoms with Gasteiger partial charge in [0.1, 0.15) is 5.72 Å². The highest BCUT2D eigenvalue weighted by molar-refractivity contribution is 5.85. The van der Waals surface area contributed by atoms with Crippen molar-refractivity contribution in [1.29, 1.82) is 0 Å². The first-order chi connectivity index (χ1) is 7.43. The molecule has 1 fully saturated rings. The average molecular weight is 268 g/mol. The van der Waals surface area contributed by atoms with Gasteiger partial charge in [0.2, 0.25) is 0 Å². The number of ether oxygens (including phenoxy) is 1. The van der Waals surface area contributed by atoms with Gasteiger partial charge in [0.25, 0.3) is 0 Å². The number of benzene rings is 1. The van der Waals surface area contributed by atoms with Crippen molar-refractivity contribution in [3.05, 3.63) is 35.4 Å². The summed E-state index contributed by atoms with van der Waals surface area (Å²) in [5, 5.41) is 2.94. The number of halogens is 4. The molecule has 96 valence electrons. The summed E-state index contributed by atoms with van der Waals surface area (Å²) in [5.74, 6) is 0. The minimum absolute atomic E-state index is 0. The molecule has 1 aliphatic rings. The van der Waals surface area contributed by atoms with Gasteiger partial charge in [-0.3, -0.25) is 5.32 Å². The SMILES string of the molecule is CC1(c2ccccc2C(F)(F)F)NCCO1.Cl. The monoisotopic (exact) mass is 267 g/mol. The van der Waals surface area contributed by atoms with Crippen LogP contribution < -0.4 is 5.32 Å². The molecule has 0 bridgehead atoms. The molecule has 1 N–H and O–H groups in total. The first-order valence-corrected chi connectivity index (χ1v) is 4.99. The predicted molar refractivity (Wildman–Crippen MR) is 60.0 cm³/mol. The van der Waals surface area contributed by atoms with Crippen LogP contribution in [0.15, 0.2) is 24.3 Å². The molecule has 0 spiro atoms. The van der Waals surface area contributed by atoms with E-state index in [-0.39, 0.29) is 18.0 Å². The van der Waals surface area contributed by atoms with Crippen LogP contribution in [0.3, 0.4) is 0 Å². The second-order valence-corrected chi connectivity index (χ2v) is 3.85. The minimum Gasteiger partial charge on any atom is -0.355 e. The lowest BCUT2D eigenvalue weighted by molar-refractivity contribution is -0.141. The van der Waals surface area contributed by atoms with Crippen molar-refractivity contribution in [2.24, 2.45) is 0 Å². The molecule has 0 aliphatic carbocycles. The number of rotatable bonds is 1. The maximum Gasteiger partial charge on any atom is 0.416 e. The van der Waals surface area contributed by atoms with Gasteiger partial charge in [-0.15, -0.1) is 12.4 Å². The van der Waals surface area contributed by atoms with E-state index in [0.717, 1.165) is 6.07 Å². The first-order valence-electron chi connectivity index (χ1n) is 4.99. The Bertz CT molecular complexity index is 389. The Hall–Kier alpha value is -0.780. The van der Waals surface area contributed by atoms with Crippen LogP contribution in [0.25, 0.3) is 0 Å². The highest BCUT2D eigenvalue weighted by Gasteiger charge is 2.41. The summed E-state index contributed by atoms with van der Waals surface area (Å²) >= 11 is 0. The van der Waals surface area contributed by atoms with Crippen molar-refractivity contribution in [2.45, 2.75) is 18.8 Å². The molecule has 0 radical (unpaired) electrons. The van der Waals surface area contributed by atoms with Crippen LogP contribution in [0.5, 0.6) is 0 Å². The number of hydrogen-bond acceptors (Lipinski definition) is 2. The van der Waals surface area contributed by atoms with E-state index in [1.54, 1.807) is 13.0 Å². The van der Waals surface area contributed by atoms with Crippen molar-refractivity contribution in [1.82, 2.24) is 5.32 Å². The molecule has 1 aromatic rings. The standard InChI is InChI=1S/C11H12F3NO.ClH/c1-10(15-6-7-16-10)8-4-2-3-5-9(8)11(12,13)14;/h2-5,15H,6-7H2,1H3;1H. The van der Waals surface area contributed by atoms with Gasteiger partial charge in [-0.2, -0.15) is 13.2 Å². The van der Waals surface area contributed by atoms with Gasteiger partial charge in [0.05, 0.1) is 12.2 Å². The largest absolute Gasteiger partial charge is 0.416 e. The first kappa shape index (κ1) is 14.3. The Kier molecular flexibility index (Phi) is 4.06. The van der Waals surface area contributed by atoms with E-state index >= 15 is 0 Å².